The SMILES string of the molecule is CC(C)c1ccc2occ(CC(=O)Nc3ccc(S(=O)(=O)N4C[C@H](C)O[C@@H](C)C4)cc3)c2c1. The van der Waals surface area contributed by atoms with Gasteiger partial charge in [0.1, 0.15) is 5.58 Å². The fourth-order valence-corrected chi connectivity index (χ4v) is 5.75. The van der Waals surface area contributed by atoms with Crippen molar-refractivity contribution in [2.75, 3.05) is 18.4 Å². The van der Waals surface area contributed by atoms with Crippen molar-refractivity contribution >= 4 is 32.6 Å². The predicted octanol–water partition coefficient (Wildman–Crippen LogP) is 4.54. The van der Waals surface area contributed by atoms with E-state index in [-0.39, 0.29) is 29.4 Å². The maximum atomic E-state index is 13.0. The summed E-state index contributed by atoms with van der Waals surface area (Å²) < 4.78 is 38.7. The molecule has 0 bridgehead atoms. The first-order chi connectivity index (χ1) is 15.6. The number of sulfonamides is 1. The van der Waals surface area contributed by atoms with Gasteiger partial charge in [0.05, 0.1) is 29.8 Å². The average Bonchev–Trinajstić information content (AvgIpc) is 3.15. The zero-order chi connectivity index (χ0) is 23.8. The summed E-state index contributed by atoms with van der Waals surface area (Å²) in [6, 6.07) is 12.3. The van der Waals surface area contributed by atoms with E-state index in [9.17, 15) is 13.2 Å². The molecule has 7 nitrogen and oxygen atoms in total. The normalized spacial score (nSPS) is 19.8. The largest absolute Gasteiger partial charge is 0.464 e. The molecule has 1 aromatic heterocycles. The molecule has 33 heavy (non-hydrogen) atoms. The number of nitrogens with zero attached hydrogens (tertiary/aromatic N) is 1. The summed E-state index contributed by atoms with van der Waals surface area (Å²) in [5.41, 5.74) is 3.30. The van der Waals surface area contributed by atoms with Gasteiger partial charge in [-0.1, -0.05) is 19.9 Å². The van der Waals surface area contributed by atoms with E-state index in [1.807, 2.05) is 26.0 Å². The second kappa shape index (κ2) is 9.29. The Bertz CT molecular complexity index is 1240. The first kappa shape index (κ1) is 23.5. The van der Waals surface area contributed by atoms with Crippen LogP contribution in [0.1, 0.15) is 44.7 Å². The number of anilines is 1. The van der Waals surface area contributed by atoms with E-state index in [2.05, 4.69) is 25.2 Å². The number of carbonyl (C=O) groups is 1. The van der Waals surface area contributed by atoms with Gasteiger partial charge in [-0.15, -0.1) is 0 Å². The lowest BCUT2D eigenvalue weighted by Gasteiger charge is -2.34. The zero-order valence-electron chi connectivity index (χ0n) is 19.4. The van der Waals surface area contributed by atoms with Crippen molar-refractivity contribution < 1.29 is 22.4 Å². The van der Waals surface area contributed by atoms with Crippen LogP contribution in [-0.4, -0.2) is 43.9 Å². The van der Waals surface area contributed by atoms with Crippen LogP contribution in [0, 0.1) is 0 Å². The Hall–Kier alpha value is -2.68. The van der Waals surface area contributed by atoms with Crippen LogP contribution in [-0.2, 0) is 26.0 Å². The second-order valence-electron chi connectivity index (χ2n) is 9.00. The molecule has 1 aliphatic rings. The fourth-order valence-electron chi connectivity index (χ4n) is 4.16. The Morgan fingerprint density at radius 3 is 2.39 bits per heavy atom. The van der Waals surface area contributed by atoms with Crippen molar-refractivity contribution in [2.45, 2.75) is 57.1 Å². The summed E-state index contributed by atoms with van der Waals surface area (Å²) in [6.07, 6.45) is 1.47. The van der Waals surface area contributed by atoms with Gasteiger partial charge in [-0.2, -0.15) is 4.31 Å². The van der Waals surface area contributed by atoms with Crippen LogP contribution in [0.5, 0.6) is 0 Å². The quantitative estimate of drug-likeness (QED) is 0.572. The Morgan fingerprint density at radius 1 is 1.09 bits per heavy atom. The molecule has 8 heteroatoms. The lowest BCUT2D eigenvalue weighted by Crippen LogP contribution is -2.48. The summed E-state index contributed by atoms with van der Waals surface area (Å²) in [5.74, 6) is 0.184. The van der Waals surface area contributed by atoms with E-state index < -0.39 is 10.0 Å². The van der Waals surface area contributed by atoms with E-state index >= 15 is 0 Å². The number of furan rings is 1. The number of nitrogens with one attached hydrogen (secondary N) is 1. The summed E-state index contributed by atoms with van der Waals surface area (Å²) in [6.45, 7) is 8.62. The average molecular weight is 471 g/mol. The topological polar surface area (TPSA) is 88.8 Å². The molecule has 1 saturated heterocycles. The number of carbonyl (C=O) groups excluding carboxylic acids is 1. The fraction of sp³-hybridized carbons (Fsp3) is 0.400. The number of amides is 1. The van der Waals surface area contributed by atoms with Gasteiger partial charge in [0, 0.05) is 29.7 Å². The van der Waals surface area contributed by atoms with Crippen LogP contribution >= 0.6 is 0 Å². The van der Waals surface area contributed by atoms with E-state index in [1.54, 1.807) is 18.4 Å². The van der Waals surface area contributed by atoms with Crippen molar-refractivity contribution in [3.63, 3.8) is 0 Å². The number of fused-ring (bicyclic) bond motifs is 1. The van der Waals surface area contributed by atoms with Gasteiger partial charge in [0.2, 0.25) is 15.9 Å². The third-order valence-electron chi connectivity index (χ3n) is 5.86. The standard InChI is InChI=1S/C25H30N2O5S/c1-16(2)19-5-10-24-23(11-19)20(15-31-24)12-25(28)26-21-6-8-22(9-7-21)33(29,30)27-13-17(3)32-18(4)14-27/h5-11,15-18H,12-14H2,1-4H3,(H,26,28)/t17-,18-/m0/s1. The third kappa shape index (κ3) is 5.13. The van der Waals surface area contributed by atoms with Gasteiger partial charge < -0.3 is 14.5 Å². The molecule has 4 rings (SSSR count). The van der Waals surface area contributed by atoms with Crippen molar-refractivity contribution in [3.8, 4) is 0 Å². The first-order valence-electron chi connectivity index (χ1n) is 11.2. The third-order valence-corrected chi connectivity index (χ3v) is 7.70. The minimum atomic E-state index is -3.62. The molecule has 176 valence electrons. The molecule has 0 aliphatic carbocycles. The van der Waals surface area contributed by atoms with Gasteiger partial charge >= 0.3 is 0 Å². The number of ether oxygens (including phenoxy) is 1. The van der Waals surface area contributed by atoms with Crippen molar-refractivity contribution in [2.24, 2.45) is 0 Å². The molecular weight excluding hydrogens is 440 g/mol. The van der Waals surface area contributed by atoms with E-state index in [1.165, 1.54) is 22.0 Å². The minimum absolute atomic E-state index is 0.155. The summed E-state index contributed by atoms with van der Waals surface area (Å²) in [7, 11) is -3.62. The lowest BCUT2D eigenvalue weighted by atomic mass is 10.00. The molecule has 0 spiro atoms. The summed E-state index contributed by atoms with van der Waals surface area (Å²) >= 11 is 0. The van der Waals surface area contributed by atoms with Crippen LogP contribution in [0.4, 0.5) is 5.69 Å². The molecule has 2 atom stereocenters. The summed E-state index contributed by atoms with van der Waals surface area (Å²) in [5, 5.41) is 3.78. The molecule has 0 radical (unpaired) electrons. The molecule has 1 fully saturated rings. The number of morpholine rings is 1. The van der Waals surface area contributed by atoms with Crippen LogP contribution in [0.25, 0.3) is 11.0 Å². The van der Waals surface area contributed by atoms with Gasteiger partial charge in [0.15, 0.2) is 0 Å². The monoisotopic (exact) mass is 470 g/mol. The highest BCUT2D eigenvalue weighted by atomic mass is 32.2. The smallest absolute Gasteiger partial charge is 0.243 e. The molecule has 2 heterocycles. The van der Waals surface area contributed by atoms with Gasteiger partial charge in [0.25, 0.3) is 0 Å². The maximum absolute atomic E-state index is 13.0. The highest BCUT2D eigenvalue weighted by molar-refractivity contribution is 7.89. The first-order valence-corrected chi connectivity index (χ1v) is 12.6. The zero-order valence-corrected chi connectivity index (χ0v) is 20.2. The maximum Gasteiger partial charge on any atom is 0.243 e. The Labute approximate surface area is 194 Å². The predicted molar refractivity (Wildman–Crippen MR) is 128 cm³/mol. The molecule has 1 N–H and O–H groups in total. The number of benzene rings is 2. The van der Waals surface area contributed by atoms with Crippen LogP contribution in [0.3, 0.4) is 0 Å². The Morgan fingerprint density at radius 2 is 1.76 bits per heavy atom. The Balaban J connectivity index is 1.44. The Kier molecular flexibility index (Phi) is 6.61. The van der Waals surface area contributed by atoms with Crippen molar-refractivity contribution in [3.05, 3.63) is 59.9 Å². The van der Waals surface area contributed by atoms with Gasteiger partial charge in [-0.25, -0.2) is 8.42 Å². The lowest BCUT2D eigenvalue weighted by molar-refractivity contribution is -0.115. The molecule has 1 amide bonds. The van der Waals surface area contributed by atoms with Gasteiger partial charge in [-0.3, -0.25) is 4.79 Å². The number of hydrogen-bond donors (Lipinski definition) is 1. The van der Waals surface area contributed by atoms with E-state index in [0.29, 0.717) is 24.7 Å². The molecular formula is C25H30N2O5S. The van der Waals surface area contributed by atoms with Crippen LogP contribution in [0.15, 0.2) is 58.0 Å². The van der Waals surface area contributed by atoms with Crippen LogP contribution in [0.2, 0.25) is 0 Å². The molecule has 1 aliphatic heterocycles. The molecule has 0 saturated carbocycles. The summed E-state index contributed by atoms with van der Waals surface area (Å²) in [4.78, 5) is 12.8. The highest BCUT2D eigenvalue weighted by Gasteiger charge is 2.32. The van der Waals surface area contributed by atoms with E-state index in [0.717, 1.165) is 16.5 Å². The van der Waals surface area contributed by atoms with Crippen molar-refractivity contribution in [1.82, 2.24) is 4.31 Å². The van der Waals surface area contributed by atoms with Gasteiger partial charge in [-0.05, 0) is 61.7 Å². The second-order valence-corrected chi connectivity index (χ2v) is 10.9. The molecule has 0 unspecified atom stereocenters. The molecule has 3 aromatic rings. The molecule has 2 aromatic carbocycles. The minimum Gasteiger partial charge on any atom is -0.464 e. The van der Waals surface area contributed by atoms with Crippen LogP contribution < -0.4 is 5.32 Å². The highest BCUT2D eigenvalue weighted by Crippen LogP contribution is 2.27. The number of hydrogen-bond acceptors (Lipinski definition) is 5. The van der Waals surface area contributed by atoms with Crippen molar-refractivity contribution in [1.29, 1.82) is 0 Å². The number of rotatable bonds is 6. The van der Waals surface area contributed by atoms with E-state index in [4.69, 9.17) is 9.15 Å².